The second-order valence-electron chi connectivity index (χ2n) is 14.3. The van der Waals surface area contributed by atoms with Crippen molar-refractivity contribution >= 4 is 23.5 Å². The maximum atomic E-state index is 10.6. The van der Waals surface area contributed by atoms with Gasteiger partial charge < -0.3 is 24.6 Å². The molecule has 0 heterocycles. The number of aliphatic hydroxyl groups excluding tert-OH is 2. The van der Waals surface area contributed by atoms with Crippen LogP contribution in [0.2, 0.25) is 0 Å². The highest BCUT2D eigenvalue weighted by atomic mass is 32.2. The van der Waals surface area contributed by atoms with Crippen LogP contribution in [0.15, 0.2) is 0 Å². The maximum Gasteiger partial charge on any atom is 0.0900 e. The zero-order chi connectivity index (χ0) is 35.2. The van der Waals surface area contributed by atoms with Crippen LogP contribution in [0.3, 0.4) is 0 Å². The van der Waals surface area contributed by atoms with E-state index < -0.39 is 12.2 Å². The van der Waals surface area contributed by atoms with Crippen LogP contribution in [-0.2, 0) is 9.47 Å². The van der Waals surface area contributed by atoms with E-state index in [9.17, 15) is 10.2 Å². The molecule has 0 aliphatic rings. The summed E-state index contributed by atoms with van der Waals surface area (Å²) in [6.07, 6.45) is 28.8. The molecule has 0 bridgehead atoms. The van der Waals surface area contributed by atoms with Gasteiger partial charge in [0.05, 0.1) is 25.4 Å². The van der Waals surface area contributed by atoms with Crippen molar-refractivity contribution < 1.29 is 19.7 Å². The van der Waals surface area contributed by atoms with Crippen molar-refractivity contribution in [2.75, 3.05) is 89.7 Å². The molecule has 48 heavy (non-hydrogen) atoms. The maximum absolute atomic E-state index is 10.6. The van der Waals surface area contributed by atoms with E-state index in [1.54, 1.807) is 0 Å². The number of aliphatic hydroxyl groups is 2. The summed E-state index contributed by atoms with van der Waals surface area (Å²) in [5, 5.41) is 21.3. The molecular weight excluding hydrogens is 637 g/mol. The van der Waals surface area contributed by atoms with Gasteiger partial charge in [-0.2, -0.15) is 23.5 Å². The summed E-state index contributed by atoms with van der Waals surface area (Å²) < 4.78 is 11.6. The smallest absolute Gasteiger partial charge is 0.0900 e. The molecule has 0 saturated carbocycles. The van der Waals surface area contributed by atoms with Crippen LogP contribution in [-0.4, -0.2) is 122 Å². The first-order chi connectivity index (χ1) is 23.5. The topological polar surface area (TPSA) is 65.4 Å². The molecule has 2 N–H and O–H groups in total. The molecule has 0 spiro atoms. The molecule has 0 aromatic rings. The van der Waals surface area contributed by atoms with Gasteiger partial charge in [0.2, 0.25) is 0 Å². The summed E-state index contributed by atoms with van der Waals surface area (Å²) in [6.45, 7) is 9.37. The molecule has 2 atom stereocenters. The third kappa shape index (κ3) is 39.2. The molecule has 0 aromatic carbocycles. The monoisotopic (exact) mass is 721 g/mol. The second kappa shape index (κ2) is 40.2. The largest absolute Gasteiger partial charge is 0.389 e. The Kier molecular flexibility index (Phi) is 40.6. The first-order valence-corrected chi connectivity index (χ1v) is 22.8. The van der Waals surface area contributed by atoms with E-state index in [0.29, 0.717) is 39.5 Å². The van der Waals surface area contributed by atoms with Gasteiger partial charge in [0.1, 0.15) is 0 Å². The Labute approximate surface area is 309 Å². The molecule has 0 aromatic heterocycles. The van der Waals surface area contributed by atoms with E-state index in [0.717, 1.165) is 37.4 Å². The summed E-state index contributed by atoms with van der Waals surface area (Å²) in [7, 11) is 4.11. The molecule has 0 aliphatic carbocycles. The average Bonchev–Trinajstić information content (AvgIpc) is 3.06. The normalized spacial score (nSPS) is 13.2. The Morgan fingerprint density at radius 2 is 0.792 bits per heavy atom. The lowest BCUT2D eigenvalue weighted by molar-refractivity contribution is -0.0107. The van der Waals surface area contributed by atoms with Gasteiger partial charge in [-0.15, -0.1) is 0 Å². The van der Waals surface area contributed by atoms with Gasteiger partial charge in [0, 0.05) is 39.4 Å². The third-order valence-corrected chi connectivity index (χ3v) is 11.2. The van der Waals surface area contributed by atoms with E-state index in [4.69, 9.17) is 9.47 Å². The minimum atomic E-state index is -0.549. The Balaban J connectivity index is 3.76. The van der Waals surface area contributed by atoms with Crippen molar-refractivity contribution in [1.82, 2.24) is 9.80 Å². The Morgan fingerprint density at radius 1 is 0.458 bits per heavy atom. The second-order valence-corrected chi connectivity index (χ2v) is 16.8. The van der Waals surface area contributed by atoms with Crippen molar-refractivity contribution in [3.8, 4) is 0 Å². The number of ether oxygens (including phenoxy) is 2. The third-order valence-electron chi connectivity index (χ3n) is 8.86. The summed E-state index contributed by atoms with van der Waals surface area (Å²) in [5.41, 5.74) is 0. The number of hydrogen-bond acceptors (Lipinski definition) is 8. The highest BCUT2D eigenvalue weighted by Gasteiger charge is 2.16. The fourth-order valence-corrected chi connectivity index (χ4v) is 7.72. The molecule has 0 aliphatic heterocycles. The Morgan fingerprint density at radius 3 is 1.15 bits per heavy atom. The number of nitrogens with zero attached hydrogens (tertiary/aromatic N) is 2. The average molecular weight is 721 g/mol. The predicted molar refractivity (Wildman–Crippen MR) is 216 cm³/mol. The van der Waals surface area contributed by atoms with Crippen molar-refractivity contribution in [2.24, 2.45) is 0 Å². The molecule has 0 amide bonds. The van der Waals surface area contributed by atoms with Gasteiger partial charge in [0.25, 0.3) is 0 Å². The van der Waals surface area contributed by atoms with Gasteiger partial charge in [-0.25, -0.2) is 0 Å². The minimum absolute atomic E-state index is 0.352. The number of likely N-dealkylation sites (N-methyl/N-ethyl adjacent to an activating group) is 1. The summed E-state index contributed by atoms with van der Waals surface area (Å²) in [4.78, 5) is 4.28. The Bertz CT molecular complexity index is 562. The van der Waals surface area contributed by atoms with Crippen LogP contribution in [0.4, 0.5) is 0 Å². The van der Waals surface area contributed by atoms with E-state index in [2.05, 4.69) is 37.7 Å². The fourth-order valence-electron chi connectivity index (χ4n) is 5.85. The molecule has 0 fully saturated rings. The van der Waals surface area contributed by atoms with E-state index in [1.807, 2.05) is 23.5 Å². The lowest BCUT2D eigenvalue weighted by Gasteiger charge is -2.28. The predicted octanol–water partition coefficient (Wildman–Crippen LogP) is 9.69. The number of unbranched alkanes of at least 4 members (excludes halogenated alkanes) is 18. The fraction of sp³-hybridized carbons (Fsp3) is 1.00. The van der Waals surface area contributed by atoms with Crippen molar-refractivity contribution in [2.45, 2.75) is 167 Å². The van der Waals surface area contributed by atoms with Crippen molar-refractivity contribution in [3.05, 3.63) is 0 Å². The number of hydrogen-bond donors (Lipinski definition) is 2. The molecule has 2 unspecified atom stereocenters. The van der Waals surface area contributed by atoms with E-state index >= 15 is 0 Å². The van der Waals surface area contributed by atoms with Crippen LogP contribution < -0.4 is 0 Å². The van der Waals surface area contributed by atoms with Crippen molar-refractivity contribution in [3.63, 3.8) is 0 Å². The standard InChI is InChI=1S/C40H84N2O4S2/c1-5-7-9-11-13-15-17-19-21-23-31-47-33-25-29-45-37-39(43)35-42(28-27-41(3)4)36-40(44)38-46-30-26-34-48-32-24-22-20-18-16-14-12-10-8-6-2/h39-40,43-44H,5-38H2,1-4H3. The van der Waals surface area contributed by atoms with Gasteiger partial charge in [-0.3, -0.25) is 4.90 Å². The number of rotatable bonds is 41. The minimum Gasteiger partial charge on any atom is -0.389 e. The molecule has 0 rings (SSSR count). The SMILES string of the molecule is CCCCCCCCCCCCSCCCOCC(O)CN(CCN(C)C)CC(O)COCCCSCCCCCCCCCCCC. The Hall–Kier alpha value is 0.460. The molecular formula is C40H84N2O4S2. The van der Waals surface area contributed by atoms with Crippen LogP contribution >= 0.6 is 23.5 Å². The van der Waals surface area contributed by atoms with E-state index in [1.165, 1.54) is 140 Å². The highest BCUT2D eigenvalue weighted by molar-refractivity contribution is 7.99. The zero-order valence-electron chi connectivity index (χ0n) is 32.6. The van der Waals surface area contributed by atoms with Gasteiger partial charge >= 0.3 is 0 Å². The van der Waals surface area contributed by atoms with E-state index in [-0.39, 0.29) is 0 Å². The zero-order valence-corrected chi connectivity index (χ0v) is 34.3. The molecule has 0 saturated heterocycles. The van der Waals surface area contributed by atoms with Crippen LogP contribution in [0.5, 0.6) is 0 Å². The number of thioether (sulfide) groups is 2. The van der Waals surface area contributed by atoms with Crippen LogP contribution in [0.25, 0.3) is 0 Å². The quantitative estimate of drug-likeness (QED) is 0.0606. The van der Waals surface area contributed by atoms with Crippen LogP contribution in [0, 0.1) is 0 Å². The molecule has 6 nitrogen and oxygen atoms in total. The first-order valence-electron chi connectivity index (χ1n) is 20.5. The summed E-state index contributed by atoms with van der Waals surface area (Å²) in [6, 6.07) is 0. The summed E-state index contributed by atoms with van der Waals surface area (Å²) in [5.74, 6) is 4.77. The molecule has 290 valence electrons. The summed E-state index contributed by atoms with van der Waals surface area (Å²) >= 11 is 4.08. The van der Waals surface area contributed by atoms with Crippen molar-refractivity contribution in [1.29, 1.82) is 0 Å². The lowest BCUT2D eigenvalue weighted by atomic mass is 10.1. The van der Waals surface area contributed by atoms with Gasteiger partial charge in [0.15, 0.2) is 0 Å². The lowest BCUT2D eigenvalue weighted by Crippen LogP contribution is -2.43. The van der Waals surface area contributed by atoms with Gasteiger partial charge in [-0.1, -0.05) is 129 Å². The molecule has 8 heteroatoms. The first kappa shape index (κ1) is 48.5. The van der Waals surface area contributed by atoms with Gasteiger partial charge in [-0.05, 0) is 62.8 Å². The molecule has 0 radical (unpaired) electrons. The van der Waals surface area contributed by atoms with Crippen LogP contribution in [0.1, 0.15) is 155 Å². The highest BCUT2D eigenvalue weighted by Crippen LogP contribution is 2.14.